The summed E-state index contributed by atoms with van der Waals surface area (Å²) in [4.78, 5) is 2.85. The number of hydrogen-bond acceptors (Lipinski definition) is 2. The predicted octanol–water partition coefficient (Wildman–Crippen LogP) is 4.30. The van der Waals surface area contributed by atoms with Crippen molar-refractivity contribution in [3.8, 4) is 0 Å². The van der Waals surface area contributed by atoms with E-state index in [1.165, 1.54) is 58.2 Å². The van der Waals surface area contributed by atoms with Crippen molar-refractivity contribution in [1.82, 2.24) is 10.2 Å². The molecule has 2 rings (SSSR count). The van der Waals surface area contributed by atoms with Crippen molar-refractivity contribution < 1.29 is 0 Å². The zero-order valence-electron chi connectivity index (χ0n) is 15.1. The molecule has 1 saturated carbocycles. The summed E-state index contributed by atoms with van der Waals surface area (Å²) in [6.07, 6.45) is 8.18. The summed E-state index contributed by atoms with van der Waals surface area (Å²) in [5.74, 6) is 1.72. The Labute approximate surface area is 133 Å². The van der Waals surface area contributed by atoms with E-state index in [0.717, 1.165) is 17.9 Å². The first-order chi connectivity index (χ1) is 9.93. The van der Waals surface area contributed by atoms with Crippen molar-refractivity contribution in [2.45, 2.75) is 85.2 Å². The zero-order valence-corrected chi connectivity index (χ0v) is 15.1. The monoisotopic (exact) mass is 294 g/mol. The highest BCUT2D eigenvalue weighted by atomic mass is 15.2. The Hall–Kier alpha value is -0.0800. The van der Waals surface area contributed by atoms with E-state index < -0.39 is 0 Å². The maximum atomic E-state index is 3.88. The molecule has 2 aliphatic rings. The van der Waals surface area contributed by atoms with Gasteiger partial charge in [-0.2, -0.15) is 0 Å². The lowest BCUT2D eigenvalue weighted by Gasteiger charge is -2.46. The van der Waals surface area contributed by atoms with Gasteiger partial charge in [0.05, 0.1) is 0 Å². The van der Waals surface area contributed by atoms with Crippen LogP contribution in [-0.4, -0.2) is 36.6 Å². The third-order valence-corrected chi connectivity index (χ3v) is 5.88. The molecule has 1 N–H and O–H groups in total. The van der Waals surface area contributed by atoms with Gasteiger partial charge in [-0.25, -0.2) is 0 Å². The van der Waals surface area contributed by atoms with Crippen LogP contribution >= 0.6 is 0 Å². The summed E-state index contributed by atoms with van der Waals surface area (Å²) < 4.78 is 0. The Balaban J connectivity index is 2.05. The third-order valence-electron chi connectivity index (χ3n) is 5.88. The van der Waals surface area contributed by atoms with Crippen LogP contribution in [0.25, 0.3) is 0 Å². The Morgan fingerprint density at radius 1 is 1.10 bits per heavy atom. The molecule has 21 heavy (non-hydrogen) atoms. The van der Waals surface area contributed by atoms with Crippen LogP contribution in [0.3, 0.4) is 0 Å². The van der Waals surface area contributed by atoms with E-state index >= 15 is 0 Å². The van der Waals surface area contributed by atoms with Gasteiger partial charge in [0.25, 0.3) is 0 Å². The summed E-state index contributed by atoms with van der Waals surface area (Å²) >= 11 is 0. The number of rotatable bonds is 4. The van der Waals surface area contributed by atoms with Crippen LogP contribution in [0.4, 0.5) is 0 Å². The summed E-state index contributed by atoms with van der Waals surface area (Å²) in [5, 5.41) is 3.88. The summed E-state index contributed by atoms with van der Waals surface area (Å²) in [7, 11) is 0. The highest BCUT2D eigenvalue weighted by Gasteiger charge is 2.38. The van der Waals surface area contributed by atoms with Gasteiger partial charge in [-0.05, 0) is 75.4 Å². The SMILES string of the molecule is CCCNC1CC(C)CC(C)C1N1CCCC(C)(C)CC1. The minimum absolute atomic E-state index is 0.548. The lowest BCUT2D eigenvalue weighted by atomic mass is 9.75. The van der Waals surface area contributed by atoms with Crippen molar-refractivity contribution in [1.29, 1.82) is 0 Å². The molecule has 0 radical (unpaired) electrons. The van der Waals surface area contributed by atoms with Crippen molar-refractivity contribution in [3.05, 3.63) is 0 Å². The van der Waals surface area contributed by atoms with Gasteiger partial charge in [0.15, 0.2) is 0 Å². The van der Waals surface area contributed by atoms with Crippen molar-refractivity contribution in [3.63, 3.8) is 0 Å². The van der Waals surface area contributed by atoms with E-state index in [1.54, 1.807) is 0 Å². The molecule has 0 aromatic rings. The molecule has 2 fully saturated rings. The molecule has 1 aliphatic carbocycles. The normalized spacial score (nSPS) is 38.1. The Morgan fingerprint density at radius 3 is 2.57 bits per heavy atom. The smallest absolute Gasteiger partial charge is 0.0275 e. The third kappa shape index (κ3) is 4.69. The molecule has 0 spiro atoms. The van der Waals surface area contributed by atoms with Gasteiger partial charge in [0.1, 0.15) is 0 Å². The van der Waals surface area contributed by atoms with Crippen LogP contribution in [0.1, 0.15) is 73.1 Å². The minimum Gasteiger partial charge on any atom is -0.312 e. The number of nitrogens with zero attached hydrogens (tertiary/aromatic N) is 1. The van der Waals surface area contributed by atoms with Crippen molar-refractivity contribution >= 4 is 0 Å². The molecule has 2 heteroatoms. The maximum absolute atomic E-state index is 3.88. The van der Waals surface area contributed by atoms with Gasteiger partial charge >= 0.3 is 0 Å². The molecule has 1 heterocycles. The minimum atomic E-state index is 0.548. The average molecular weight is 295 g/mol. The van der Waals surface area contributed by atoms with Gasteiger partial charge in [0.2, 0.25) is 0 Å². The van der Waals surface area contributed by atoms with Gasteiger partial charge in [-0.15, -0.1) is 0 Å². The second-order valence-electron chi connectivity index (χ2n) is 8.66. The summed E-state index contributed by atoms with van der Waals surface area (Å²) in [6, 6.07) is 1.48. The van der Waals surface area contributed by atoms with Gasteiger partial charge < -0.3 is 5.32 Å². The molecular weight excluding hydrogens is 256 g/mol. The highest BCUT2D eigenvalue weighted by molar-refractivity contribution is 4.95. The first kappa shape index (κ1) is 17.3. The molecular formula is C19H38N2. The van der Waals surface area contributed by atoms with Gasteiger partial charge in [0, 0.05) is 12.1 Å². The molecule has 4 unspecified atom stereocenters. The lowest BCUT2D eigenvalue weighted by molar-refractivity contribution is 0.0616. The number of likely N-dealkylation sites (tertiary alicyclic amines) is 1. The second-order valence-corrected chi connectivity index (χ2v) is 8.66. The van der Waals surface area contributed by atoms with E-state index in [0.29, 0.717) is 11.5 Å². The maximum Gasteiger partial charge on any atom is 0.0275 e. The second kappa shape index (κ2) is 7.46. The number of hydrogen-bond donors (Lipinski definition) is 1. The van der Waals surface area contributed by atoms with E-state index in [4.69, 9.17) is 0 Å². The standard InChI is InChI=1S/C19H38N2/c1-6-10-20-17-14-15(2)13-16(3)18(17)21-11-7-8-19(4,5)9-12-21/h15-18,20H,6-14H2,1-5H3. The molecule has 2 nitrogen and oxygen atoms in total. The van der Waals surface area contributed by atoms with Crippen LogP contribution < -0.4 is 5.32 Å². The Morgan fingerprint density at radius 2 is 1.86 bits per heavy atom. The first-order valence-electron chi connectivity index (χ1n) is 9.40. The van der Waals surface area contributed by atoms with Gasteiger partial charge in [-0.3, -0.25) is 4.90 Å². The molecule has 4 atom stereocenters. The Kier molecular flexibility index (Phi) is 6.14. The van der Waals surface area contributed by atoms with Crippen molar-refractivity contribution in [2.75, 3.05) is 19.6 Å². The molecule has 0 aromatic carbocycles. The topological polar surface area (TPSA) is 15.3 Å². The molecule has 0 bridgehead atoms. The highest BCUT2D eigenvalue weighted by Crippen LogP contribution is 2.36. The van der Waals surface area contributed by atoms with Crippen LogP contribution in [0, 0.1) is 17.3 Å². The van der Waals surface area contributed by atoms with Gasteiger partial charge in [-0.1, -0.05) is 34.6 Å². The first-order valence-corrected chi connectivity index (χ1v) is 9.40. The largest absolute Gasteiger partial charge is 0.312 e. The fraction of sp³-hybridized carbons (Fsp3) is 1.00. The van der Waals surface area contributed by atoms with E-state index in [1.807, 2.05) is 0 Å². The lowest BCUT2D eigenvalue weighted by Crippen LogP contribution is -2.57. The molecule has 1 saturated heterocycles. The molecule has 0 aromatic heterocycles. The van der Waals surface area contributed by atoms with E-state index in [9.17, 15) is 0 Å². The molecule has 1 aliphatic heterocycles. The van der Waals surface area contributed by atoms with Crippen molar-refractivity contribution in [2.24, 2.45) is 17.3 Å². The predicted molar refractivity (Wildman–Crippen MR) is 92.6 cm³/mol. The Bertz CT molecular complexity index is 313. The quantitative estimate of drug-likeness (QED) is 0.831. The van der Waals surface area contributed by atoms with Crippen LogP contribution in [0.5, 0.6) is 0 Å². The van der Waals surface area contributed by atoms with E-state index in [2.05, 4.69) is 44.8 Å². The molecule has 124 valence electrons. The van der Waals surface area contributed by atoms with Crippen LogP contribution in [-0.2, 0) is 0 Å². The summed E-state index contributed by atoms with van der Waals surface area (Å²) in [6.45, 7) is 15.9. The average Bonchev–Trinajstić information content (AvgIpc) is 2.57. The van der Waals surface area contributed by atoms with Crippen LogP contribution in [0.2, 0.25) is 0 Å². The summed E-state index contributed by atoms with van der Waals surface area (Å²) in [5.41, 5.74) is 0.548. The fourth-order valence-electron chi connectivity index (χ4n) is 4.73. The molecule has 0 amide bonds. The van der Waals surface area contributed by atoms with E-state index in [-0.39, 0.29) is 0 Å². The van der Waals surface area contributed by atoms with Crippen LogP contribution in [0.15, 0.2) is 0 Å². The number of nitrogens with one attached hydrogen (secondary N) is 1. The fourth-order valence-corrected chi connectivity index (χ4v) is 4.73. The zero-order chi connectivity index (χ0) is 15.5.